The van der Waals surface area contributed by atoms with Crippen molar-refractivity contribution < 1.29 is 4.39 Å². The molecule has 0 atom stereocenters. The normalized spacial score (nSPS) is 10.9. The van der Waals surface area contributed by atoms with E-state index in [0.717, 1.165) is 0 Å². The van der Waals surface area contributed by atoms with Crippen molar-refractivity contribution in [2.75, 3.05) is 0 Å². The fourth-order valence-corrected chi connectivity index (χ4v) is 2.27. The van der Waals surface area contributed by atoms with Crippen LogP contribution in [0.25, 0.3) is 10.9 Å². The van der Waals surface area contributed by atoms with Crippen LogP contribution in [0.2, 0.25) is 0 Å². The summed E-state index contributed by atoms with van der Waals surface area (Å²) in [6.07, 6.45) is 3.11. The largest absolute Gasteiger partial charge is 0.276 e. The van der Waals surface area contributed by atoms with Crippen molar-refractivity contribution in [2.45, 2.75) is 6.54 Å². The third kappa shape index (κ3) is 2.34. The number of fused-ring (bicyclic) bond motifs is 1. The van der Waals surface area contributed by atoms with Gasteiger partial charge >= 0.3 is 0 Å². The van der Waals surface area contributed by atoms with E-state index in [1.807, 2.05) is 0 Å². The number of nitrogens with zero attached hydrogens (tertiary/aromatic N) is 3. The minimum atomic E-state index is -0.376. The maximum atomic E-state index is 13.8. The summed E-state index contributed by atoms with van der Waals surface area (Å²) >= 11 is 3.20. The number of rotatable bonds is 2. The molecular weight excluding hydrogens is 325 g/mol. The molecule has 0 aliphatic carbocycles. The average molecular weight is 334 g/mol. The minimum absolute atomic E-state index is 0.0861. The zero-order chi connectivity index (χ0) is 14.1. The van der Waals surface area contributed by atoms with Gasteiger partial charge in [-0.1, -0.05) is 22.0 Å². The van der Waals surface area contributed by atoms with Gasteiger partial charge in [-0.2, -0.15) is 5.10 Å². The van der Waals surface area contributed by atoms with Crippen LogP contribution in [0.15, 0.2) is 52.0 Å². The van der Waals surface area contributed by atoms with Crippen molar-refractivity contribution in [3.8, 4) is 0 Å². The molecule has 3 rings (SSSR count). The Hall–Kier alpha value is -2.08. The van der Waals surface area contributed by atoms with Gasteiger partial charge in [0.25, 0.3) is 5.56 Å². The van der Waals surface area contributed by atoms with E-state index in [-0.39, 0.29) is 17.9 Å². The second-order valence-electron chi connectivity index (χ2n) is 4.28. The number of pyridine rings is 1. The zero-order valence-electron chi connectivity index (χ0n) is 10.3. The Morgan fingerprint density at radius 1 is 1.30 bits per heavy atom. The van der Waals surface area contributed by atoms with Crippen LogP contribution in [0.4, 0.5) is 4.39 Å². The van der Waals surface area contributed by atoms with Gasteiger partial charge in [0, 0.05) is 16.2 Å². The molecule has 2 heterocycles. The lowest BCUT2D eigenvalue weighted by molar-refractivity contribution is 0.574. The molecule has 6 heteroatoms. The van der Waals surface area contributed by atoms with Gasteiger partial charge in [0.1, 0.15) is 5.82 Å². The summed E-state index contributed by atoms with van der Waals surface area (Å²) in [6.45, 7) is 0.0861. The van der Waals surface area contributed by atoms with Crippen molar-refractivity contribution >= 4 is 26.8 Å². The Kier molecular flexibility index (Phi) is 3.31. The highest BCUT2D eigenvalue weighted by Crippen LogP contribution is 2.15. The van der Waals surface area contributed by atoms with Crippen molar-refractivity contribution in [1.82, 2.24) is 14.8 Å². The van der Waals surface area contributed by atoms with Gasteiger partial charge < -0.3 is 0 Å². The standard InChI is InChI=1S/C14H9BrFN3O/c15-10-4-3-9(12(16)6-10)8-19-14(20)11-2-1-5-17-13(11)7-18-19/h1-7H,8H2. The highest BCUT2D eigenvalue weighted by atomic mass is 79.9. The predicted molar refractivity (Wildman–Crippen MR) is 77.0 cm³/mol. The summed E-state index contributed by atoms with van der Waals surface area (Å²) in [5, 5.41) is 4.50. The summed E-state index contributed by atoms with van der Waals surface area (Å²) in [7, 11) is 0. The summed E-state index contributed by atoms with van der Waals surface area (Å²) in [4.78, 5) is 16.3. The molecule has 0 fully saturated rings. The van der Waals surface area contributed by atoms with E-state index in [1.54, 1.807) is 30.5 Å². The molecule has 0 bridgehead atoms. The molecular formula is C14H9BrFN3O. The lowest BCUT2D eigenvalue weighted by Crippen LogP contribution is -2.23. The van der Waals surface area contributed by atoms with E-state index in [9.17, 15) is 9.18 Å². The molecule has 1 aromatic carbocycles. The van der Waals surface area contributed by atoms with Crippen LogP contribution in [-0.2, 0) is 6.54 Å². The van der Waals surface area contributed by atoms with Gasteiger partial charge in [-0.15, -0.1) is 0 Å². The number of benzene rings is 1. The second-order valence-corrected chi connectivity index (χ2v) is 5.19. The molecule has 0 aliphatic rings. The van der Waals surface area contributed by atoms with E-state index >= 15 is 0 Å². The number of hydrogen-bond donors (Lipinski definition) is 0. The number of hydrogen-bond acceptors (Lipinski definition) is 3. The molecule has 20 heavy (non-hydrogen) atoms. The monoisotopic (exact) mass is 333 g/mol. The first-order valence-corrected chi connectivity index (χ1v) is 6.69. The lowest BCUT2D eigenvalue weighted by Gasteiger charge is -2.07. The Labute approximate surface area is 122 Å². The van der Waals surface area contributed by atoms with Gasteiger partial charge in [0.05, 0.1) is 23.6 Å². The Morgan fingerprint density at radius 2 is 2.15 bits per heavy atom. The first-order chi connectivity index (χ1) is 9.65. The van der Waals surface area contributed by atoms with Gasteiger partial charge in [-0.3, -0.25) is 9.78 Å². The minimum Gasteiger partial charge on any atom is -0.267 e. The van der Waals surface area contributed by atoms with E-state index in [1.165, 1.54) is 16.9 Å². The molecule has 0 aliphatic heterocycles. The van der Waals surface area contributed by atoms with Gasteiger partial charge in [-0.25, -0.2) is 9.07 Å². The van der Waals surface area contributed by atoms with Crippen LogP contribution in [0.1, 0.15) is 5.56 Å². The molecule has 0 unspecified atom stereocenters. The maximum absolute atomic E-state index is 13.8. The summed E-state index contributed by atoms with van der Waals surface area (Å²) < 4.78 is 15.7. The smallest absolute Gasteiger partial charge is 0.267 e. The van der Waals surface area contributed by atoms with Crippen LogP contribution in [0, 0.1) is 5.82 Å². The van der Waals surface area contributed by atoms with Crippen LogP contribution in [0.3, 0.4) is 0 Å². The van der Waals surface area contributed by atoms with Gasteiger partial charge in [-0.05, 0) is 24.3 Å². The number of halogens is 2. The molecule has 0 saturated heterocycles. The quantitative estimate of drug-likeness (QED) is 0.724. The van der Waals surface area contributed by atoms with Gasteiger partial charge in [0.2, 0.25) is 0 Å². The molecule has 0 amide bonds. The highest BCUT2D eigenvalue weighted by molar-refractivity contribution is 9.10. The zero-order valence-corrected chi connectivity index (χ0v) is 11.8. The summed E-state index contributed by atoms with van der Waals surface area (Å²) in [5.74, 6) is -0.376. The van der Waals surface area contributed by atoms with Crippen LogP contribution < -0.4 is 5.56 Å². The Morgan fingerprint density at radius 3 is 2.95 bits per heavy atom. The molecule has 0 spiro atoms. The molecule has 4 nitrogen and oxygen atoms in total. The van der Waals surface area contributed by atoms with E-state index in [2.05, 4.69) is 26.0 Å². The van der Waals surface area contributed by atoms with E-state index < -0.39 is 0 Å². The average Bonchev–Trinajstić information content (AvgIpc) is 2.45. The topological polar surface area (TPSA) is 47.8 Å². The van der Waals surface area contributed by atoms with Crippen molar-refractivity contribution in [2.24, 2.45) is 0 Å². The molecule has 2 aromatic heterocycles. The summed E-state index contributed by atoms with van der Waals surface area (Å²) in [6, 6.07) is 8.09. The lowest BCUT2D eigenvalue weighted by atomic mass is 10.2. The van der Waals surface area contributed by atoms with Crippen molar-refractivity contribution in [3.05, 3.63) is 68.9 Å². The van der Waals surface area contributed by atoms with Crippen molar-refractivity contribution in [1.29, 1.82) is 0 Å². The van der Waals surface area contributed by atoms with Gasteiger partial charge in [0.15, 0.2) is 0 Å². The fraction of sp³-hybridized carbons (Fsp3) is 0.0714. The Bertz CT molecular complexity index is 847. The maximum Gasteiger partial charge on any atom is 0.276 e. The fourth-order valence-electron chi connectivity index (χ4n) is 1.94. The second kappa shape index (κ2) is 5.13. The Balaban J connectivity index is 2.07. The molecule has 0 saturated carbocycles. The highest BCUT2D eigenvalue weighted by Gasteiger charge is 2.08. The first kappa shape index (κ1) is 12.9. The van der Waals surface area contributed by atoms with Crippen LogP contribution >= 0.6 is 15.9 Å². The molecule has 3 aromatic rings. The predicted octanol–water partition coefficient (Wildman–Crippen LogP) is 2.74. The molecule has 0 N–H and O–H groups in total. The third-order valence-electron chi connectivity index (χ3n) is 2.96. The summed E-state index contributed by atoms with van der Waals surface area (Å²) in [5.41, 5.74) is 0.661. The van der Waals surface area contributed by atoms with E-state index in [4.69, 9.17) is 0 Å². The first-order valence-electron chi connectivity index (χ1n) is 5.90. The third-order valence-corrected chi connectivity index (χ3v) is 3.45. The van der Waals surface area contributed by atoms with E-state index in [0.29, 0.717) is 20.9 Å². The number of aromatic nitrogens is 3. The van der Waals surface area contributed by atoms with Crippen LogP contribution in [0.5, 0.6) is 0 Å². The molecule has 0 radical (unpaired) electrons. The molecule has 100 valence electrons. The van der Waals surface area contributed by atoms with Crippen molar-refractivity contribution in [3.63, 3.8) is 0 Å². The van der Waals surface area contributed by atoms with Crippen LogP contribution in [-0.4, -0.2) is 14.8 Å². The SMILES string of the molecule is O=c1c2cccnc2cnn1Cc1ccc(Br)cc1F.